The Morgan fingerprint density at radius 3 is 1.50 bits per heavy atom. The van der Waals surface area contributed by atoms with E-state index in [1.165, 1.54) is 72.1 Å². The van der Waals surface area contributed by atoms with Crippen LogP contribution in [0.1, 0.15) is 109 Å². The van der Waals surface area contributed by atoms with Gasteiger partial charge in [-0.2, -0.15) is 0 Å². The van der Waals surface area contributed by atoms with Crippen LogP contribution in [0.25, 0.3) is 21.8 Å². The lowest BCUT2D eigenvalue weighted by Crippen LogP contribution is -2.53. The SMILES string of the molecule is CC[C@]12CCCN3CCc4c(n(c5ccccc45)C(=O)C1)[C@@H]32.CC[C@]12CCCN3CCc4c(n(c5ccccc45)C(=O)C1)[C@@H]32. The molecular weight excluding hydrogens is 544 g/mol. The Labute approximate surface area is 260 Å². The predicted molar refractivity (Wildman–Crippen MR) is 174 cm³/mol. The summed E-state index contributed by atoms with van der Waals surface area (Å²) >= 11 is 0. The standard InChI is InChI=1S/2C19H22N2O/c2*1-2-19-9-5-10-20-11-8-14-13-6-3-4-7-15(13)21(16(22)12-19)17(14)18(19)20/h2*3-4,6-7,18H,2,5,8-12H2,1H3/t2*18-,19+/m11/s1. The lowest BCUT2D eigenvalue weighted by molar-refractivity contribution is -0.0176. The third-order valence-corrected chi connectivity index (χ3v) is 12.9. The number of hydrogen-bond donors (Lipinski definition) is 0. The number of fused-ring (bicyclic) bond motifs is 6. The van der Waals surface area contributed by atoms with Crippen molar-refractivity contribution < 1.29 is 9.59 Å². The van der Waals surface area contributed by atoms with Gasteiger partial charge in [0.1, 0.15) is 0 Å². The van der Waals surface area contributed by atoms with Crippen molar-refractivity contribution in [2.24, 2.45) is 10.8 Å². The predicted octanol–water partition coefficient (Wildman–Crippen LogP) is 7.55. The zero-order chi connectivity index (χ0) is 29.8. The molecule has 0 bridgehead atoms. The third kappa shape index (κ3) is 3.44. The molecule has 6 nitrogen and oxygen atoms in total. The topological polar surface area (TPSA) is 50.5 Å². The van der Waals surface area contributed by atoms with E-state index >= 15 is 0 Å². The van der Waals surface area contributed by atoms with Crippen LogP contribution < -0.4 is 0 Å². The van der Waals surface area contributed by atoms with E-state index in [1.807, 2.05) is 0 Å². The Morgan fingerprint density at radius 1 is 0.636 bits per heavy atom. The van der Waals surface area contributed by atoms with Crippen molar-refractivity contribution in [2.45, 2.75) is 90.1 Å². The van der Waals surface area contributed by atoms with Crippen molar-refractivity contribution in [2.75, 3.05) is 26.2 Å². The first-order valence-corrected chi connectivity index (χ1v) is 17.3. The Hall–Kier alpha value is -3.22. The molecule has 0 N–H and O–H groups in total. The van der Waals surface area contributed by atoms with Crippen molar-refractivity contribution in [1.29, 1.82) is 0 Å². The van der Waals surface area contributed by atoms with Crippen molar-refractivity contribution in [3.05, 3.63) is 71.0 Å². The number of piperidine rings is 2. The maximum Gasteiger partial charge on any atom is 0.231 e. The summed E-state index contributed by atoms with van der Waals surface area (Å²) in [6.07, 6.45) is 10.7. The van der Waals surface area contributed by atoms with E-state index in [0.29, 0.717) is 23.9 Å². The lowest BCUT2D eigenvalue weighted by Gasteiger charge is -2.54. The van der Waals surface area contributed by atoms with Gasteiger partial charge in [0.25, 0.3) is 0 Å². The molecule has 6 aliphatic rings. The molecule has 2 saturated heterocycles. The highest BCUT2D eigenvalue weighted by molar-refractivity contribution is 5.99. The number of rotatable bonds is 2. The van der Waals surface area contributed by atoms with E-state index < -0.39 is 0 Å². The molecule has 4 atom stereocenters. The number of aromatic nitrogens is 2. The van der Waals surface area contributed by atoms with Gasteiger partial charge < -0.3 is 0 Å². The van der Waals surface area contributed by atoms with Gasteiger partial charge in [0, 0.05) is 58.9 Å². The Kier molecular flexibility index (Phi) is 5.94. The smallest absolute Gasteiger partial charge is 0.231 e. The quantitative estimate of drug-likeness (QED) is 0.243. The van der Waals surface area contributed by atoms with Crippen LogP contribution in [0.4, 0.5) is 0 Å². The van der Waals surface area contributed by atoms with Crippen LogP contribution in [-0.4, -0.2) is 56.9 Å². The number of carbonyl (C=O) groups excluding carboxylic acids is 2. The number of nitrogens with zero attached hydrogens (tertiary/aromatic N) is 4. The van der Waals surface area contributed by atoms with Crippen LogP contribution in [0.2, 0.25) is 0 Å². The summed E-state index contributed by atoms with van der Waals surface area (Å²) in [6, 6.07) is 17.9. The maximum atomic E-state index is 13.0. The first-order chi connectivity index (χ1) is 21.5. The van der Waals surface area contributed by atoms with Gasteiger partial charge in [-0.25, -0.2) is 0 Å². The van der Waals surface area contributed by atoms with Crippen LogP contribution >= 0.6 is 0 Å². The molecule has 0 saturated carbocycles. The first kappa shape index (κ1) is 27.1. The number of para-hydroxylation sites is 2. The van der Waals surface area contributed by atoms with Crippen LogP contribution in [0.5, 0.6) is 0 Å². The van der Waals surface area contributed by atoms with Crippen LogP contribution in [-0.2, 0) is 12.8 Å². The summed E-state index contributed by atoms with van der Waals surface area (Å²) in [7, 11) is 0. The van der Waals surface area contributed by atoms with Gasteiger partial charge in [-0.05, 0) is 87.7 Å². The van der Waals surface area contributed by atoms with Crippen LogP contribution in [0, 0.1) is 10.8 Å². The molecular formula is C38H44N4O2. The molecule has 0 unspecified atom stereocenters. The fraction of sp³-hybridized carbons (Fsp3) is 0.526. The number of carbonyl (C=O) groups is 2. The molecule has 0 radical (unpaired) electrons. The molecule has 0 spiro atoms. The third-order valence-electron chi connectivity index (χ3n) is 12.9. The monoisotopic (exact) mass is 588 g/mol. The zero-order valence-electron chi connectivity index (χ0n) is 26.3. The normalized spacial score (nSPS) is 30.6. The summed E-state index contributed by atoms with van der Waals surface area (Å²) < 4.78 is 4.14. The molecule has 6 heteroatoms. The molecule has 44 heavy (non-hydrogen) atoms. The van der Waals surface area contributed by atoms with Gasteiger partial charge >= 0.3 is 0 Å². The molecule has 4 aromatic rings. The van der Waals surface area contributed by atoms with E-state index in [4.69, 9.17) is 0 Å². The summed E-state index contributed by atoms with van der Waals surface area (Å²) in [4.78, 5) is 31.3. The first-order valence-electron chi connectivity index (χ1n) is 17.3. The molecule has 2 aromatic heterocycles. The van der Waals surface area contributed by atoms with Crippen molar-refractivity contribution in [1.82, 2.24) is 18.9 Å². The minimum atomic E-state index is 0.175. The molecule has 228 valence electrons. The Balaban J connectivity index is 0.000000123. The molecule has 0 aliphatic carbocycles. The molecule has 0 amide bonds. The van der Waals surface area contributed by atoms with Crippen molar-refractivity contribution in [3.63, 3.8) is 0 Å². The second-order valence-corrected chi connectivity index (χ2v) is 14.6. The zero-order valence-corrected chi connectivity index (χ0v) is 26.3. The largest absolute Gasteiger partial charge is 0.294 e. The minimum Gasteiger partial charge on any atom is -0.294 e. The summed E-state index contributed by atoms with van der Waals surface area (Å²) in [6.45, 7) is 9.26. The van der Waals surface area contributed by atoms with E-state index in [2.05, 4.69) is 81.3 Å². The molecule has 2 fully saturated rings. The minimum absolute atomic E-state index is 0.175. The summed E-state index contributed by atoms with van der Waals surface area (Å²) in [5, 5.41) is 2.62. The average Bonchev–Trinajstić information content (AvgIpc) is 3.59. The maximum absolute atomic E-state index is 13.0. The highest BCUT2D eigenvalue weighted by atomic mass is 16.2. The van der Waals surface area contributed by atoms with Gasteiger partial charge in [-0.3, -0.25) is 28.5 Å². The van der Waals surface area contributed by atoms with Gasteiger partial charge in [0.15, 0.2) is 0 Å². The fourth-order valence-corrected chi connectivity index (χ4v) is 10.9. The highest BCUT2D eigenvalue weighted by Gasteiger charge is 2.54. The highest BCUT2D eigenvalue weighted by Crippen LogP contribution is 2.58. The Bertz CT molecular complexity index is 1710. The van der Waals surface area contributed by atoms with Gasteiger partial charge in [-0.15, -0.1) is 0 Å². The van der Waals surface area contributed by atoms with E-state index in [-0.39, 0.29) is 10.8 Å². The van der Waals surface area contributed by atoms with Gasteiger partial charge in [-0.1, -0.05) is 50.2 Å². The molecule has 2 aromatic carbocycles. The van der Waals surface area contributed by atoms with Crippen LogP contribution in [0.3, 0.4) is 0 Å². The summed E-state index contributed by atoms with van der Waals surface area (Å²) in [5.41, 5.74) is 8.19. The van der Waals surface area contributed by atoms with Gasteiger partial charge in [0.2, 0.25) is 11.8 Å². The summed E-state index contributed by atoms with van der Waals surface area (Å²) in [5.74, 6) is 0.638. The van der Waals surface area contributed by atoms with Crippen molar-refractivity contribution >= 4 is 33.6 Å². The lowest BCUT2D eigenvalue weighted by atomic mass is 9.64. The van der Waals surface area contributed by atoms with Crippen molar-refractivity contribution in [3.8, 4) is 0 Å². The number of benzene rings is 2. The second-order valence-electron chi connectivity index (χ2n) is 14.6. The van der Waals surface area contributed by atoms with Crippen LogP contribution in [0.15, 0.2) is 48.5 Å². The molecule has 10 rings (SSSR count). The van der Waals surface area contributed by atoms with E-state index in [9.17, 15) is 9.59 Å². The van der Waals surface area contributed by atoms with E-state index in [1.54, 1.807) is 0 Å². The second kappa shape index (κ2) is 9.64. The van der Waals surface area contributed by atoms with E-state index in [0.717, 1.165) is 62.6 Å². The fourth-order valence-electron chi connectivity index (χ4n) is 10.9. The Morgan fingerprint density at radius 2 is 1.07 bits per heavy atom. The average molecular weight is 589 g/mol. The molecule has 8 heterocycles. The number of hydrogen-bond acceptors (Lipinski definition) is 4. The van der Waals surface area contributed by atoms with Gasteiger partial charge in [0.05, 0.1) is 23.1 Å². The molecule has 6 aliphatic heterocycles.